The molecule has 3 heterocycles. The average Bonchev–Trinajstić information content (AvgIpc) is 2.95. The van der Waals surface area contributed by atoms with E-state index in [9.17, 15) is 18.7 Å². The number of ether oxygens (including phenoxy) is 1. The van der Waals surface area contributed by atoms with Gasteiger partial charge in [-0.25, -0.2) is 13.6 Å². The van der Waals surface area contributed by atoms with Gasteiger partial charge in [-0.2, -0.15) is 0 Å². The van der Waals surface area contributed by atoms with Crippen molar-refractivity contribution in [3.8, 4) is 11.1 Å². The first-order chi connectivity index (χ1) is 21.0. The number of halogens is 2. The van der Waals surface area contributed by atoms with Gasteiger partial charge in [-0.3, -0.25) is 9.88 Å². The van der Waals surface area contributed by atoms with E-state index in [0.29, 0.717) is 29.9 Å². The first kappa shape index (κ1) is 33.0. The molecule has 0 spiro atoms. The summed E-state index contributed by atoms with van der Waals surface area (Å²) in [5.74, 6) is -2.02. The molecule has 2 aliphatic heterocycles. The number of benzene rings is 2. The first-order valence-corrected chi connectivity index (χ1v) is 16.0. The number of hydrogen-bond donors (Lipinski definition) is 1. The number of fused-ring (bicyclic) bond motifs is 1. The fourth-order valence-corrected chi connectivity index (χ4v) is 6.74. The van der Waals surface area contributed by atoms with E-state index in [0.717, 1.165) is 60.4 Å². The molecule has 5 rings (SSSR count). The smallest absolute Gasteiger partial charge is 0.337 e. The van der Waals surface area contributed by atoms with E-state index >= 15 is 0 Å². The summed E-state index contributed by atoms with van der Waals surface area (Å²) in [7, 11) is 0. The van der Waals surface area contributed by atoms with Crippen molar-refractivity contribution in [2.75, 3.05) is 24.5 Å². The van der Waals surface area contributed by atoms with Crippen LogP contribution in [0.3, 0.4) is 0 Å². The number of rotatable bonds is 7. The fourth-order valence-electron chi connectivity index (χ4n) is 6.74. The van der Waals surface area contributed by atoms with E-state index in [-0.39, 0.29) is 17.5 Å². The fraction of sp³-hybridized carbons (Fsp3) is 0.514. The Morgan fingerprint density at radius 1 is 1.02 bits per heavy atom. The van der Waals surface area contributed by atoms with Crippen LogP contribution in [0.5, 0.6) is 0 Å². The third-order valence-electron chi connectivity index (χ3n) is 9.32. The lowest BCUT2D eigenvalue weighted by molar-refractivity contribution is -0.160. The van der Waals surface area contributed by atoms with Gasteiger partial charge in [0.2, 0.25) is 0 Å². The summed E-state index contributed by atoms with van der Waals surface area (Å²) >= 11 is 0. The van der Waals surface area contributed by atoms with E-state index < -0.39 is 29.3 Å². The monoisotopic (exact) mass is 619 g/mol. The number of carboxylic acids is 1. The largest absolute Gasteiger partial charge is 0.479 e. The highest BCUT2D eigenvalue weighted by molar-refractivity contribution is 5.88. The summed E-state index contributed by atoms with van der Waals surface area (Å²) < 4.78 is 35.5. The number of hydrogen-bond acceptors (Lipinski definition) is 5. The zero-order valence-corrected chi connectivity index (χ0v) is 28.0. The predicted molar refractivity (Wildman–Crippen MR) is 175 cm³/mol. The van der Waals surface area contributed by atoms with Crippen LogP contribution in [0.25, 0.3) is 11.1 Å². The summed E-state index contributed by atoms with van der Waals surface area (Å²) in [5.41, 5.74) is 7.35. The Kier molecular flexibility index (Phi) is 9.13. The Balaban J connectivity index is 1.57. The number of carbonyl (C=O) groups is 1. The van der Waals surface area contributed by atoms with Gasteiger partial charge in [0.05, 0.1) is 11.3 Å². The molecule has 1 atom stereocenters. The van der Waals surface area contributed by atoms with E-state index in [1.165, 1.54) is 17.7 Å². The minimum atomic E-state index is -1.17. The number of piperidine rings is 1. The number of aliphatic carboxylic acids is 1. The molecule has 6 nitrogen and oxygen atoms in total. The van der Waals surface area contributed by atoms with Gasteiger partial charge in [0.25, 0.3) is 0 Å². The Morgan fingerprint density at radius 2 is 1.71 bits per heavy atom. The van der Waals surface area contributed by atoms with Gasteiger partial charge in [0.1, 0.15) is 11.6 Å². The SMILES string of the molecule is Cc1ccc(F)c(CN2CCc3cc(-c4c(C)nc(C)c([C@H](OC(C)(C)C)C(=O)O)c4N4CCC(C)(C)CC4)ccc3C2)c1F. The molecular weight excluding hydrogens is 572 g/mol. The molecule has 1 fully saturated rings. The van der Waals surface area contributed by atoms with Crippen LogP contribution >= 0.6 is 0 Å². The van der Waals surface area contributed by atoms with Crippen molar-refractivity contribution in [2.45, 2.75) is 99.4 Å². The average molecular weight is 620 g/mol. The van der Waals surface area contributed by atoms with E-state index in [1.54, 1.807) is 6.92 Å². The van der Waals surface area contributed by atoms with Gasteiger partial charge >= 0.3 is 5.97 Å². The molecule has 0 bridgehead atoms. The zero-order chi connectivity index (χ0) is 32.8. The lowest BCUT2D eigenvalue weighted by Gasteiger charge is -2.41. The van der Waals surface area contributed by atoms with E-state index in [1.807, 2.05) is 34.6 Å². The molecule has 0 saturated carbocycles. The maximum Gasteiger partial charge on any atom is 0.337 e. The molecule has 2 aliphatic rings. The topological polar surface area (TPSA) is 65.9 Å². The lowest BCUT2D eigenvalue weighted by atomic mass is 9.81. The molecular formula is C37H47F2N3O3. The zero-order valence-electron chi connectivity index (χ0n) is 28.0. The molecule has 1 N–H and O–H groups in total. The Hall–Kier alpha value is -3.36. The minimum absolute atomic E-state index is 0.115. The molecule has 0 amide bonds. The van der Waals surface area contributed by atoms with Crippen LogP contribution in [-0.2, 0) is 29.0 Å². The summed E-state index contributed by atoms with van der Waals surface area (Å²) in [6, 6.07) is 9.19. The Bertz CT molecular complexity index is 1600. The predicted octanol–water partition coefficient (Wildman–Crippen LogP) is 8.08. The Morgan fingerprint density at radius 3 is 2.36 bits per heavy atom. The van der Waals surface area contributed by atoms with Crippen molar-refractivity contribution in [3.05, 3.63) is 81.2 Å². The van der Waals surface area contributed by atoms with Crippen LogP contribution in [0.15, 0.2) is 30.3 Å². The van der Waals surface area contributed by atoms with Crippen LogP contribution in [0.2, 0.25) is 0 Å². The molecule has 1 aromatic heterocycles. The molecule has 2 aromatic carbocycles. The van der Waals surface area contributed by atoms with E-state index in [2.05, 4.69) is 41.8 Å². The summed E-state index contributed by atoms with van der Waals surface area (Å²) in [6.07, 6.45) is 1.55. The third kappa shape index (κ3) is 7.07. The molecule has 0 radical (unpaired) electrons. The number of nitrogens with zero attached hydrogens (tertiary/aromatic N) is 3. The molecule has 0 unspecified atom stereocenters. The van der Waals surface area contributed by atoms with Gasteiger partial charge in [0.15, 0.2) is 6.10 Å². The number of aromatic nitrogens is 1. The number of aryl methyl sites for hydroxylation is 3. The minimum Gasteiger partial charge on any atom is -0.479 e. The van der Waals surface area contributed by atoms with Crippen molar-refractivity contribution in [3.63, 3.8) is 0 Å². The summed E-state index contributed by atoms with van der Waals surface area (Å²) in [4.78, 5) is 22.1. The van der Waals surface area contributed by atoms with Crippen LogP contribution in [-0.4, -0.2) is 46.2 Å². The van der Waals surface area contributed by atoms with Gasteiger partial charge < -0.3 is 14.7 Å². The van der Waals surface area contributed by atoms with Gasteiger partial charge in [-0.05, 0) is 94.5 Å². The third-order valence-corrected chi connectivity index (χ3v) is 9.32. The molecule has 0 aliphatic carbocycles. The summed E-state index contributed by atoms with van der Waals surface area (Å²) in [6.45, 7) is 18.8. The molecule has 242 valence electrons. The van der Waals surface area contributed by atoms with Crippen molar-refractivity contribution < 1.29 is 23.4 Å². The standard InChI is InChI=1S/C37H47F2N3O3/c1-22-9-12-29(38)28(32(22)39)21-41-16-13-25-19-26(10-11-27(25)20-41)30-23(2)40-24(3)31(34(35(43)44)45-36(4,5)6)33(30)42-17-14-37(7,8)15-18-42/h9-12,19,34H,13-18,20-21H2,1-8H3,(H,43,44)/t34-/m0/s1. The quantitative estimate of drug-likeness (QED) is 0.289. The lowest BCUT2D eigenvalue weighted by Crippen LogP contribution is -2.39. The summed E-state index contributed by atoms with van der Waals surface area (Å²) in [5, 5.41) is 10.5. The second kappa shape index (κ2) is 12.4. The number of pyridine rings is 1. The van der Waals surface area contributed by atoms with Crippen LogP contribution in [0, 0.1) is 37.8 Å². The van der Waals surface area contributed by atoms with Crippen LogP contribution in [0.4, 0.5) is 14.5 Å². The van der Waals surface area contributed by atoms with Gasteiger partial charge in [-0.1, -0.05) is 38.1 Å². The highest BCUT2D eigenvalue weighted by Crippen LogP contribution is 2.45. The Labute approximate surface area is 266 Å². The van der Waals surface area contributed by atoms with Gasteiger partial charge in [-0.15, -0.1) is 0 Å². The van der Waals surface area contributed by atoms with Crippen molar-refractivity contribution in [1.82, 2.24) is 9.88 Å². The second-order valence-corrected chi connectivity index (χ2v) is 14.6. The highest BCUT2D eigenvalue weighted by Gasteiger charge is 2.36. The maximum absolute atomic E-state index is 14.8. The van der Waals surface area contributed by atoms with E-state index in [4.69, 9.17) is 9.72 Å². The molecule has 3 aromatic rings. The van der Waals surface area contributed by atoms with Gasteiger partial charge in [0, 0.05) is 60.8 Å². The second-order valence-electron chi connectivity index (χ2n) is 14.6. The normalized spacial score (nSPS) is 17.7. The van der Waals surface area contributed by atoms with Crippen LogP contribution < -0.4 is 4.90 Å². The first-order valence-electron chi connectivity index (χ1n) is 16.0. The number of carboxylic acid groups (broad SMARTS) is 1. The number of anilines is 1. The highest BCUT2D eigenvalue weighted by atomic mass is 19.1. The molecule has 45 heavy (non-hydrogen) atoms. The van der Waals surface area contributed by atoms with Crippen LogP contribution in [0.1, 0.15) is 92.8 Å². The van der Waals surface area contributed by atoms with Crippen molar-refractivity contribution in [2.24, 2.45) is 5.41 Å². The maximum atomic E-state index is 14.8. The molecule has 8 heteroatoms. The molecule has 1 saturated heterocycles. The van der Waals surface area contributed by atoms with Crippen molar-refractivity contribution in [1.29, 1.82) is 0 Å². The van der Waals surface area contributed by atoms with Crippen molar-refractivity contribution >= 4 is 11.7 Å².